The molecule has 2 rings (SSSR count). The maximum Gasteiger partial charge on any atom is 0.126 e. The summed E-state index contributed by atoms with van der Waals surface area (Å²) >= 11 is 1.76. The van der Waals surface area contributed by atoms with Gasteiger partial charge < -0.3 is 10.6 Å². The first-order valence-electron chi connectivity index (χ1n) is 7.05. The lowest BCUT2D eigenvalue weighted by Gasteiger charge is -2.28. The van der Waals surface area contributed by atoms with E-state index in [1.807, 2.05) is 0 Å². The van der Waals surface area contributed by atoms with Gasteiger partial charge >= 0.3 is 0 Å². The second kappa shape index (κ2) is 6.33. The highest BCUT2D eigenvalue weighted by Gasteiger charge is 2.26. The summed E-state index contributed by atoms with van der Waals surface area (Å²) < 4.78 is 0. The van der Waals surface area contributed by atoms with E-state index in [2.05, 4.69) is 36.9 Å². The molecule has 3 N–H and O–H groups in total. The van der Waals surface area contributed by atoms with Crippen molar-refractivity contribution in [3.63, 3.8) is 0 Å². The third kappa shape index (κ3) is 2.89. The van der Waals surface area contributed by atoms with Crippen molar-refractivity contribution < 1.29 is 0 Å². The molecule has 4 heteroatoms. The molecule has 1 heterocycles. The van der Waals surface area contributed by atoms with Crippen molar-refractivity contribution in [2.24, 2.45) is 5.73 Å². The standard InChI is InChI=1S/C15H23N3S/c1-3-11-7-6-10-18(11)12-8-5-9-13(19-4-2)14(12)15(16)17/h5,8-9,11H,3-4,6-7,10H2,1-2H3,(H3,16,17). The second-order valence-corrected chi connectivity index (χ2v) is 6.20. The molecule has 0 saturated carbocycles. The molecule has 0 amide bonds. The fourth-order valence-corrected chi connectivity index (χ4v) is 3.73. The van der Waals surface area contributed by atoms with Crippen LogP contribution in [-0.4, -0.2) is 24.2 Å². The van der Waals surface area contributed by atoms with Crippen LogP contribution >= 0.6 is 11.8 Å². The average Bonchev–Trinajstić information content (AvgIpc) is 2.86. The van der Waals surface area contributed by atoms with E-state index in [1.54, 1.807) is 11.8 Å². The fourth-order valence-electron chi connectivity index (χ4n) is 2.88. The lowest BCUT2D eigenvalue weighted by atomic mass is 10.1. The molecule has 19 heavy (non-hydrogen) atoms. The van der Waals surface area contributed by atoms with Crippen LogP contribution in [0.15, 0.2) is 23.1 Å². The Morgan fingerprint density at radius 1 is 1.47 bits per heavy atom. The zero-order valence-electron chi connectivity index (χ0n) is 11.8. The van der Waals surface area contributed by atoms with Gasteiger partial charge in [-0.2, -0.15) is 0 Å². The molecule has 1 saturated heterocycles. The third-order valence-electron chi connectivity index (χ3n) is 3.73. The van der Waals surface area contributed by atoms with Crippen LogP contribution < -0.4 is 10.6 Å². The van der Waals surface area contributed by atoms with Crippen LogP contribution in [0.3, 0.4) is 0 Å². The van der Waals surface area contributed by atoms with E-state index in [0.717, 1.165) is 34.9 Å². The van der Waals surface area contributed by atoms with E-state index < -0.39 is 0 Å². The molecule has 1 aromatic rings. The first-order chi connectivity index (χ1) is 9.19. The number of hydrogen-bond acceptors (Lipinski definition) is 3. The van der Waals surface area contributed by atoms with Gasteiger partial charge in [0.2, 0.25) is 0 Å². The van der Waals surface area contributed by atoms with Crippen molar-refractivity contribution in [2.45, 2.75) is 44.0 Å². The summed E-state index contributed by atoms with van der Waals surface area (Å²) in [7, 11) is 0. The van der Waals surface area contributed by atoms with Crippen LogP contribution in [-0.2, 0) is 0 Å². The van der Waals surface area contributed by atoms with Crippen LogP contribution in [0.5, 0.6) is 0 Å². The Balaban J connectivity index is 2.44. The number of nitrogens with one attached hydrogen (secondary N) is 1. The van der Waals surface area contributed by atoms with Crippen LogP contribution in [0.25, 0.3) is 0 Å². The van der Waals surface area contributed by atoms with Crippen molar-refractivity contribution in [1.29, 1.82) is 5.41 Å². The number of thioether (sulfide) groups is 1. The molecule has 3 nitrogen and oxygen atoms in total. The van der Waals surface area contributed by atoms with Crippen LogP contribution in [0.1, 0.15) is 38.7 Å². The normalized spacial score (nSPS) is 18.8. The Hall–Kier alpha value is -1.16. The topological polar surface area (TPSA) is 53.1 Å². The molecule has 0 radical (unpaired) electrons. The molecule has 1 aromatic carbocycles. The Bertz CT molecular complexity index is 459. The minimum atomic E-state index is 0.188. The van der Waals surface area contributed by atoms with Gasteiger partial charge in [0, 0.05) is 23.2 Å². The summed E-state index contributed by atoms with van der Waals surface area (Å²) in [6, 6.07) is 6.88. The lowest BCUT2D eigenvalue weighted by Crippen LogP contribution is -2.31. The SMILES string of the molecule is CCSc1cccc(N2CCCC2CC)c1C(=N)N. The maximum atomic E-state index is 7.92. The van der Waals surface area contributed by atoms with E-state index in [1.165, 1.54) is 12.8 Å². The monoisotopic (exact) mass is 277 g/mol. The smallest absolute Gasteiger partial charge is 0.126 e. The number of benzene rings is 1. The number of hydrogen-bond donors (Lipinski definition) is 2. The molecular weight excluding hydrogens is 254 g/mol. The van der Waals surface area contributed by atoms with Gasteiger partial charge in [0.25, 0.3) is 0 Å². The summed E-state index contributed by atoms with van der Waals surface area (Å²) in [6.07, 6.45) is 3.64. The summed E-state index contributed by atoms with van der Waals surface area (Å²) in [5.41, 5.74) is 7.92. The molecule has 1 aliphatic heterocycles. The van der Waals surface area contributed by atoms with Crippen molar-refractivity contribution in [3.8, 4) is 0 Å². The molecule has 1 aliphatic rings. The lowest BCUT2D eigenvalue weighted by molar-refractivity contribution is 0.645. The van der Waals surface area contributed by atoms with Crippen LogP contribution in [0.2, 0.25) is 0 Å². The van der Waals surface area contributed by atoms with Gasteiger partial charge in [-0.15, -0.1) is 11.8 Å². The van der Waals surface area contributed by atoms with Crippen molar-refractivity contribution in [3.05, 3.63) is 23.8 Å². The molecule has 1 atom stereocenters. The minimum Gasteiger partial charge on any atom is -0.384 e. The van der Waals surface area contributed by atoms with Crippen molar-refractivity contribution >= 4 is 23.3 Å². The molecule has 0 aromatic heterocycles. The first-order valence-corrected chi connectivity index (χ1v) is 8.04. The van der Waals surface area contributed by atoms with E-state index >= 15 is 0 Å². The van der Waals surface area contributed by atoms with Crippen LogP contribution in [0.4, 0.5) is 5.69 Å². The zero-order chi connectivity index (χ0) is 13.8. The molecule has 1 fully saturated rings. The molecule has 104 valence electrons. The largest absolute Gasteiger partial charge is 0.384 e. The highest BCUT2D eigenvalue weighted by Crippen LogP contribution is 2.35. The van der Waals surface area contributed by atoms with E-state index in [0.29, 0.717) is 6.04 Å². The third-order valence-corrected chi connectivity index (χ3v) is 4.67. The van der Waals surface area contributed by atoms with Crippen LogP contribution in [0, 0.1) is 5.41 Å². The number of rotatable bonds is 5. The Kier molecular flexibility index (Phi) is 4.75. The Morgan fingerprint density at radius 2 is 2.26 bits per heavy atom. The predicted octanol–water partition coefficient (Wildman–Crippen LogP) is 3.46. The molecule has 0 bridgehead atoms. The van der Waals surface area contributed by atoms with E-state index in [-0.39, 0.29) is 5.84 Å². The highest BCUT2D eigenvalue weighted by molar-refractivity contribution is 7.99. The molecule has 0 spiro atoms. The Labute approximate surface area is 120 Å². The Morgan fingerprint density at radius 3 is 2.89 bits per heavy atom. The van der Waals surface area contributed by atoms with Crippen molar-refractivity contribution in [1.82, 2.24) is 0 Å². The predicted molar refractivity (Wildman–Crippen MR) is 84.5 cm³/mol. The van der Waals surface area contributed by atoms with Gasteiger partial charge in [-0.25, -0.2) is 0 Å². The molecular formula is C15H23N3S. The number of nitrogens with zero attached hydrogens (tertiary/aromatic N) is 1. The quantitative estimate of drug-likeness (QED) is 0.492. The van der Waals surface area contributed by atoms with Crippen molar-refractivity contribution in [2.75, 3.05) is 17.2 Å². The number of nitrogens with two attached hydrogens (primary N) is 1. The summed E-state index contributed by atoms with van der Waals surface area (Å²) in [5, 5.41) is 7.92. The number of nitrogen functional groups attached to an aromatic ring is 1. The van der Waals surface area contributed by atoms with Gasteiger partial charge in [-0.05, 0) is 37.1 Å². The first kappa shape index (κ1) is 14.3. The number of amidine groups is 1. The van der Waals surface area contributed by atoms with E-state index in [9.17, 15) is 0 Å². The van der Waals surface area contributed by atoms with Gasteiger partial charge in [0.1, 0.15) is 5.84 Å². The summed E-state index contributed by atoms with van der Waals surface area (Å²) in [6.45, 7) is 5.45. The van der Waals surface area contributed by atoms with Gasteiger partial charge in [-0.1, -0.05) is 19.9 Å². The van der Waals surface area contributed by atoms with E-state index in [4.69, 9.17) is 11.1 Å². The minimum absolute atomic E-state index is 0.188. The zero-order valence-corrected chi connectivity index (χ0v) is 12.6. The molecule has 0 aliphatic carbocycles. The number of anilines is 1. The summed E-state index contributed by atoms with van der Waals surface area (Å²) in [4.78, 5) is 3.57. The van der Waals surface area contributed by atoms with Gasteiger partial charge in [-0.3, -0.25) is 5.41 Å². The summed E-state index contributed by atoms with van der Waals surface area (Å²) in [5.74, 6) is 1.19. The second-order valence-electron chi connectivity index (χ2n) is 4.89. The van der Waals surface area contributed by atoms with Gasteiger partial charge in [0.05, 0.1) is 5.56 Å². The maximum absolute atomic E-state index is 7.92. The highest BCUT2D eigenvalue weighted by atomic mass is 32.2. The average molecular weight is 277 g/mol. The molecule has 1 unspecified atom stereocenters. The fraction of sp³-hybridized carbons (Fsp3) is 0.533. The van der Waals surface area contributed by atoms with Gasteiger partial charge in [0.15, 0.2) is 0 Å².